The molecule has 1 amide bonds. The van der Waals surface area contributed by atoms with E-state index < -0.39 is 23.6 Å². The summed E-state index contributed by atoms with van der Waals surface area (Å²) in [7, 11) is 0. The first-order valence-corrected chi connectivity index (χ1v) is 10.1. The van der Waals surface area contributed by atoms with Crippen molar-refractivity contribution < 1.29 is 27.9 Å². The second kappa shape index (κ2) is 10.2. The third-order valence-corrected chi connectivity index (χ3v) is 4.93. The summed E-state index contributed by atoms with van der Waals surface area (Å²) in [5.41, 5.74) is 2.62. The molecule has 2 aromatic carbocycles. The number of nitrogens with zero attached hydrogens (tertiary/aromatic N) is 1. The molecule has 1 unspecified atom stereocenters. The van der Waals surface area contributed by atoms with Gasteiger partial charge >= 0.3 is 12.1 Å². The molecule has 3 aromatic rings. The van der Waals surface area contributed by atoms with Crippen molar-refractivity contribution in [2.24, 2.45) is 0 Å². The summed E-state index contributed by atoms with van der Waals surface area (Å²) in [6.07, 6.45) is -3.09. The second-order valence-corrected chi connectivity index (χ2v) is 7.39. The standard InChI is InChI=1S/C24H22F3N3O3/c1-15(21-11-6-18(14-29-21)23(33)28-13-12-22(31)32)30-20-9-4-17(5-10-20)16-2-7-19(8-3-16)24(25,26)27/h2-11,14-15,30H,12-13H2,1H3,(H,28,33)(H,31,32). The third kappa shape index (κ3) is 6.55. The molecule has 6 nitrogen and oxygen atoms in total. The van der Waals surface area contributed by atoms with Crippen molar-refractivity contribution in [3.63, 3.8) is 0 Å². The van der Waals surface area contributed by atoms with Gasteiger partial charge in [-0.2, -0.15) is 13.2 Å². The number of aromatic nitrogens is 1. The van der Waals surface area contributed by atoms with Crippen LogP contribution in [0.1, 0.15) is 41.0 Å². The largest absolute Gasteiger partial charge is 0.481 e. The molecule has 1 aromatic heterocycles. The van der Waals surface area contributed by atoms with Gasteiger partial charge in [0.15, 0.2) is 0 Å². The molecule has 0 spiro atoms. The van der Waals surface area contributed by atoms with E-state index in [-0.39, 0.29) is 19.0 Å². The number of benzene rings is 2. The first kappa shape index (κ1) is 23.8. The molecule has 9 heteroatoms. The highest BCUT2D eigenvalue weighted by Gasteiger charge is 2.29. The van der Waals surface area contributed by atoms with Gasteiger partial charge in [-0.3, -0.25) is 14.6 Å². The summed E-state index contributed by atoms with van der Waals surface area (Å²) in [4.78, 5) is 26.8. The number of nitrogens with one attached hydrogen (secondary N) is 2. The normalized spacial score (nSPS) is 12.1. The van der Waals surface area contributed by atoms with Gasteiger partial charge in [0, 0.05) is 18.4 Å². The average Bonchev–Trinajstić information content (AvgIpc) is 2.79. The van der Waals surface area contributed by atoms with Crippen LogP contribution in [0.25, 0.3) is 11.1 Å². The van der Waals surface area contributed by atoms with E-state index in [1.165, 1.54) is 18.3 Å². The topological polar surface area (TPSA) is 91.3 Å². The molecule has 0 radical (unpaired) electrons. The summed E-state index contributed by atoms with van der Waals surface area (Å²) in [5.74, 6) is -1.38. The van der Waals surface area contributed by atoms with E-state index >= 15 is 0 Å². The van der Waals surface area contributed by atoms with Crippen LogP contribution in [0.4, 0.5) is 18.9 Å². The van der Waals surface area contributed by atoms with Gasteiger partial charge in [-0.15, -0.1) is 0 Å². The van der Waals surface area contributed by atoms with E-state index in [2.05, 4.69) is 15.6 Å². The molecule has 0 aliphatic carbocycles. The lowest BCUT2D eigenvalue weighted by molar-refractivity contribution is -0.138. The maximum atomic E-state index is 12.7. The molecule has 0 saturated heterocycles. The fraction of sp³-hybridized carbons (Fsp3) is 0.208. The Morgan fingerprint density at radius 3 is 2.09 bits per heavy atom. The highest BCUT2D eigenvalue weighted by molar-refractivity contribution is 5.94. The van der Waals surface area contributed by atoms with Crippen LogP contribution in [0, 0.1) is 0 Å². The molecule has 172 valence electrons. The van der Waals surface area contributed by atoms with Crippen LogP contribution in [0.5, 0.6) is 0 Å². The number of halogens is 3. The molecular weight excluding hydrogens is 435 g/mol. The number of carboxylic acid groups (broad SMARTS) is 1. The van der Waals surface area contributed by atoms with Crippen molar-refractivity contribution in [1.82, 2.24) is 10.3 Å². The van der Waals surface area contributed by atoms with Gasteiger partial charge in [-0.05, 0) is 54.4 Å². The van der Waals surface area contributed by atoms with Gasteiger partial charge in [0.25, 0.3) is 5.91 Å². The lowest BCUT2D eigenvalue weighted by Gasteiger charge is -2.16. The van der Waals surface area contributed by atoms with Crippen LogP contribution in [-0.4, -0.2) is 28.5 Å². The van der Waals surface area contributed by atoms with Crippen molar-refractivity contribution in [2.75, 3.05) is 11.9 Å². The molecule has 0 aliphatic heterocycles. The van der Waals surface area contributed by atoms with E-state index in [0.717, 1.165) is 23.4 Å². The minimum Gasteiger partial charge on any atom is -0.481 e. The predicted octanol–water partition coefficient (Wildman–Crippen LogP) is 5.15. The molecule has 1 heterocycles. The summed E-state index contributed by atoms with van der Waals surface area (Å²) in [6, 6.07) is 15.4. The van der Waals surface area contributed by atoms with E-state index in [4.69, 9.17) is 5.11 Å². The highest BCUT2D eigenvalue weighted by Crippen LogP contribution is 2.31. The number of rotatable bonds is 8. The number of pyridine rings is 1. The van der Waals surface area contributed by atoms with E-state index in [9.17, 15) is 22.8 Å². The first-order valence-electron chi connectivity index (χ1n) is 10.1. The van der Waals surface area contributed by atoms with Crippen molar-refractivity contribution in [2.45, 2.75) is 25.6 Å². The van der Waals surface area contributed by atoms with Gasteiger partial charge in [0.1, 0.15) is 0 Å². The maximum Gasteiger partial charge on any atom is 0.416 e. The molecule has 3 rings (SSSR count). The maximum absolute atomic E-state index is 12.7. The fourth-order valence-corrected chi connectivity index (χ4v) is 3.12. The summed E-state index contributed by atoms with van der Waals surface area (Å²) < 4.78 is 38.2. The lowest BCUT2D eigenvalue weighted by Crippen LogP contribution is -2.26. The summed E-state index contributed by atoms with van der Waals surface area (Å²) in [6.45, 7) is 1.94. The number of hydrogen-bond donors (Lipinski definition) is 3. The van der Waals surface area contributed by atoms with Crippen LogP contribution < -0.4 is 10.6 Å². The zero-order valence-corrected chi connectivity index (χ0v) is 17.7. The number of carboxylic acids is 1. The Balaban J connectivity index is 1.59. The molecular formula is C24H22F3N3O3. The summed E-state index contributed by atoms with van der Waals surface area (Å²) in [5, 5.41) is 14.4. The van der Waals surface area contributed by atoms with Gasteiger partial charge in [0.2, 0.25) is 0 Å². The number of carbonyl (C=O) groups excluding carboxylic acids is 1. The SMILES string of the molecule is CC(Nc1ccc(-c2ccc(C(F)(F)F)cc2)cc1)c1ccc(C(=O)NCCC(=O)O)cn1. The van der Waals surface area contributed by atoms with E-state index in [1.54, 1.807) is 12.1 Å². The molecule has 3 N–H and O–H groups in total. The van der Waals surface area contributed by atoms with Gasteiger partial charge in [-0.1, -0.05) is 24.3 Å². The molecule has 1 atom stereocenters. The van der Waals surface area contributed by atoms with Gasteiger partial charge in [-0.25, -0.2) is 0 Å². The Morgan fingerprint density at radius 1 is 0.970 bits per heavy atom. The monoisotopic (exact) mass is 457 g/mol. The fourth-order valence-electron chi connectivity index (χ4n) is 3.12. The van der Waals surface area contributed by atoms with Crippen molar-refractivity contribution in [3.8, 4) is 11.1 Å². The third-order valence-electron chi connectivity index (χ3n) is 4.93. The average molecular weight is 457 g/mol. The molecule has 0 fully saturated rings. The van der Waals surface area contributed by atoms with Gasteiger partial charge < -0.3 is 15.7 Å². The highest BCUT2D eigenvalue weighted by atomic mass is 19.4. The Labute approximate surface area is 188 Å². The minimum absolute atomic E-state index is 0.0380. The number of alkyl halides is 3. The van der Waals surface area contributed by atoms with Crippen LogP contribution in [0.15, 0.2) is 66.9 Å². The molecule has 0 bridgehead atoms. The smallest absolute Gasteiger partial charge is 0.416 e. The van der Waals surface area contributed by atoms with Gasteiger partial charge in [0.05, 0.1) is 29.3 Å². The zero-order valence-electron chi connectivity index (χ0n) is 17.7. The molecule has 0 saturated carbocycles. The lowest BCUT2D eigenvalue weighted by atomic mass is 10.0. The van der Waals surface area contributed by atoms with Crippen LogP contribution >= 0.6 is 0 Å². The zero-order chi connectivity index (χ0) is 24.0. The molecule has 0 aliphatic rings. The number of hydrogen-bond acceptors (Lipinski definition) is 4. The van der Waals surface area contributed by atoms with E-state index in [1.807, 2.05) is 31.2 Å². The predicted molar refractivity (Wildman–Crippen MR) is 118 cm³/mol. The Hall–Kier alpha value is -3.88. The Bertz CT molecular complexity index is 1100. The minimum atomic E-state index is -4.36. The number of carbonyl (C=O) groups is 2. The molecule has 33 heavy (non-hydrogen) atoms. The number of anilines is 1. The van der Waals surface area contributed by atoms with E-state index in [0.29, 0.717) is 16.8 Å². The Kier molecular flexibility index (Phi) is 7.32. The first-order chi connectivity index (χ1) is 15.6. The quantitative estimate of drug-likeness (QED) is 0.436. The van der Waals surface area contributed by atoms with Crippen LogP contribution in [-0.2, 0) is 11.0 Å². The van der Waals surface area contributed by atoms with Crippen LogP contribution in [0.2, 0.25) is 0 Å². The number of amides is 1. The second-order valence-electron chi connectivity index (χ2n) is 7.39. The van der Waals surface area contributed by atoms with Crippen molar-refractivity contribution in [3.05, 3.63) is 83.7 Å². The summed E-state index contributed by atoms with van der Waals surface area (Å²) >= 11 is 0. The number of aliphatic carboxylic acids is 1. The van der Waals surface area contributed by atoms with Crippen molar-refractivity contribution >= 4 is 17.6 Å². The Morgan fingerprint density at radius 2 is 1.58 bits per heavy atom. The van der Waals surface area contributed by atoms with Crippen LogP contribution in [0.3, 0.4) is 0 Å². The van der Waals surface area contributed by atoms with Crippen molar-refractivity contribution in [1.29, 1.82) is 0 Å².